The summed E-state index contributed by atoms with van der Waals surface area (Å²) >= 11 is -0.714. The Bertz CT molecular complexity index is 497. The van der Waals surface area contributed by atoms with Crippen molar-refractivity contribution in [1.29, 1.82) is 0 Å². The zero-order chi connectivity index (χ0) is 16.0. The van der Waals surface area contributed by atoms with Crippen molar-refractivity contribution in [2.45, 2.75) is 25.8 Å². The molecule has 7 heteroatoms. The lowest BCUT2D eigenvalue weighted by atomic mass is 10.1. The molecule has 0 aliphatic rings. The number of hydrogen-bond acceptors (Lipinski definition) is 4. The van der Waals surface area contributed by atoms with Crippen molar-refractivity contribution in [3.63, 3.8) is 0 Å². The zero-order valence-corrected chi connectivity index (χ0v) is 12.4. The van der Waals surface area contributed by atoms with E-state index in [1.807, 2.05) is 13.8 Å². The third-order valence-electron chi connectivity index (χ3n) is 2.76. The Morgan fingerprint density at radius 3 is 2.19 bits per heavy atom. The molecule has 0 aromatic heterocycles. The van der Waals surface area contributed by atoms with Gasteiger partial charge in [0.05, 0.1) is 12.2 Å². The highest BCUT2D eigenvalue weighted by Crippen LogP contribution is 2.32. The fourth-order valence-electron chi connectivity index (χ4n) is 1.33. The molecule has 0 bridgehead atoms. The molecule has 0 N–H and O–H groups in total. The number of rotatable bonds is 5. The van der Waals surface area contributed by atoms with Gasteiger partial charge in [-0.3, -0.25) is 4.79 Å². The van der Waals surface area contributed by atoms with Crippen molar-refractivity contribution in [1.82, 2.24) is 0 Å². The van der Waals surface area contributed by atoms with E-state index < -0.39 is 28.4 Å². The molecule has 3 nitrogen and oxygen atoms in total. The monoisotopic (exact) mass is 320 g/mol. The number of carbonyl (C=O) groups is 2. The Morgan fingerprint density at radius 2 is 1.71 bits per heavy atom. The van der Waals surface area contributed by atoms with Gasteiger partial charge in [0.15, 0.2) is 0 Å². The first-order chi connectivity index (χ1) is 9.73. The highest BCUT2D eigenvalue weighted by molar-refractivity contribution is 8.14. The van der Waals surface area contributed by atoms with E-state index in [0.717, 1.165) is 6.42 Å². The molecule has 1 atom stereocenters. The van der Waals surface area contributed by atoms with Gasteiger partial charge in [-0.15, -0.1) is 0 Å². The molecule has 1 unspecified atom stereocenters. The molecule has 0 aliphatic carbocycles. The van der Waals surface area contributed by atoms with Gasteiger partial charge in [0.25, 0.3) is 0 Å². The second-order valence-corrected chi connectivity index (χ2v) is 5.56. The first kappa shape index (κ1) is 17.6. The minimum absolute atomic E-state index is 0.115. The van der Waals surface area contributed by atoms with Crippen molar-refractivity contribution < 1.29 is 27.5 Å². The smallest absolute Gasteiger partial charge is 0.449 e. The van der Waals surface area contributed by atoms with E-state index in [9.17, 15) is 22.8 Å². The van der Waals surface area contributed by atoms with Gasteiger partial charge in [0.2, 0.25) is 5.12 Å². The van der Waals surface area contributed by atoms with Crippen LogP contribution in [-0.2, 0) is 4.74 Å². The van der Waals surface area contributed by atoms with Crippen LogP contribution in [0.15, 0.2) is 24.3 Å². The molecule has 0 saturated carbocycles. The van der Waals surface area contributed by atoms with Crippen LogP contribution in [0.2, 0.25) is 0 Å². The molecule has 0 saturated heterocycles. The second-order valence-electron chi connectivity index (χ2n) is 4.52. The molecule has 0 spiro atoms. The van der Waals surface area contributed by atoms with Crippen LogP contribution in [0.5, 0.6) is 0 Å². The van der Waals surface area contributed by atoms with Crippen LogP contribution in [0.3, 0.4) is 0 Å². The first-order valence-electron chi connectivity index (χ1n) is 6.30. The summed E-state index contributed by atoms with van der Waals surface area (Å²) in [5.74, 6) is -0.323. The van der Waals surface area contributed by atoms with Gasteiger partial charge >= 0.3 is 11.5 Å². The summed E-state index contributed by atoms with van der Waals surface area (Å²) < 4.78 is 41.3. The van der Waals surface area contributed by atoms with Gasteiger partial charge in [0.1, 0.15) is 0 Å². The molecule has 0 radical (unpaired) electrons. The fraction of sp³-hybridized carbons (Fsp3) is 0.429. The van der Waals surface area contributed by atoms with Gasteiger partial charge in [-0.1, -0.05) is 20.3 Å². The van der Waals surface area contributed by atoms with Gasteiger partial charge in [-0.2, -0.15) is 13.2 Å². The molecular weight excluding hydrogens is 305 g/mol. The van der Waals surface area contributed by atoms with E-state index in [-0.39, 0.29) is 23.7 Å². The molecule has 0 amide bonds. The van der Waals surface area contributed by atoms with E-state index in [0.29, 0.717) is 0 Å². The minimum Gasteiger partial charge on any atom is -0.462 e. The largest absolute Gasteiger partial charge is 0.462 e. The SMILES string of the molecule is CCC(C)COC(=O)c1ccc(C(=O)SC(F)(F)F)cc1. The summed E-state index contributed by atoms with van der Waals surface area (Å²) in [5.41, 5.74) is -4.53. The van der Waals surface area contributed by atoms with Crippen molar-refractivity contribution in [2.75, 3.05) is 6.61 Å². The summed E-state index contributed by atoms with van der Waals surface area (Å²) in [5, 5.41) is -1.11. The average Bonchev–Trinajstić information content (AvgIpc) is 2.42. The molecule has 1 aromatic rings. The summed E-state index contributed by atoms with van der Waals surface area (Å²) in [7, 11) is 0. The lowest BCUT2D eigenvalue weighted by molar-refractivity contribution is -0.0322. The third-order valence-corrected chi connectivity index (χ3v) is 3.41. The van der Waals surface area contributed by atoms with E-state index in [2.05, 4.69) is 0 Å². The van der Waals surface area contributed by atoms with Crippen molar-refractivity contribution >= 4 is 22.8 Å². The standard InChI is InChI=1S/C14H15F3O3S/c1-3-9(2)8-20-12(18)10-4-6-11(7-5-10)13(19)21-14(15,16)17/h4-7,9H,3,8H2,1-2H3. The van der Waals surface area contributed by atoms with E-state index >= 15 is 0 Å². The Kier molecular flexibility index (Phi) is 6.26. The molecule has 0 heterocycles. The Morgan fingerprint density at radius 1 is 1.19 bits per heavy atom. The first-order valence-corrected chi connectivity index (χ1v) is 7.12. The van der Waals surface area contributed by atoms with E-state index in [1.165, 1.54) is 24.3 Å². The summed E-state index contributed by atoms with van der Waals surface area (Å²) in [4.78, 5) is 23.0. The highest BCUT2D eigenvalue weighted by atomic mass is 32.2. The predicted octanol–water partition coefficient (Wildman–Crippen LogP) is 4.28. The molecule has 0 aliphatic heterocycles. The van der Waals surface area contributed by atoms with Crippen LogP contribution < -0.4 is 0 Å². The molecule has 1 rings (SSSR count). The number of hydrogen-bond donors (Lipinski definition) is 0. The topological polar surface area (TPSA) is 43.4 Å². The number of thioether (sulfide) groups is 1. The number of benzene rings is 1. The summed E-state index contributed by atoms with van der Waals surface area (Å²) in [6, 6.07) is 4.92. The number of ether oxygens (including phenoxy) is 1. The van der Waals surface area contributed by atoms with Crippen molar-refractivity contribution in [3.05, 3.63) is 35.4 Å². The number of carbonyl (C=O) groups excluding carboxylic acids is 2. The van der Waals surface area contributed by atoms with E-state index in [1.54, 1.807) is 0 Å². The van der Waals surface area contributed by atoms with Crippen LogP contribution in [0.1, 0.15) is 41.0 Å². The predicted molar refractivity (Wildman–Crippen MR) is 74.2 cm³/mol. The molecular formula is C14H15F3O3S. The maximum Gasteiger partial charge on any atom is 0.449 e. The Balaban J connectivity index is 2.65. The lowest BCUT2D eigenvalue weighted by Crippen LogP contribution is -2.12. The van der Waals surface area contributed by atoms with Crippen LogP contribution in [0.4, 0.5) is 13.2 Å². The van der Waals surface area contributed by atoms with Gasteiger partial charge in [-0.25, -0.2) is 4.79 Å². The van der Waals surface area contributed by atoms with E-state index in [4.69, 9.17) is 4.74 Å². The highest BCUT2D eigenvalue weighted by Gasteiger charge is 2.33. The van der Waals surface area contributed by atoms with Gasteiger partial charge in [0, 0.05) is 17.3 Å². The fourth-order valence-corrected chi connectivity index (χ4v) is 1.79. The van der Waals surface area contributed by atoms with Gasteiger partial charge in [-0.05, 0) is 30.2 Å². The number of halogens is 3. The maximum atomic E-state index is 12.1. The maximum absolute atomic E-state index is 12.1. The van der Waals surface area contributed by atoms with Crippen molar-refractivity contribution in [2.24, 2.45) is 5.92 Å². The van der Waals surface area contributed by atoms with Gasteiger partial charge < -0.3 is 4.74 Å². The molecule has 116 valence electrons. The van der Waals surface area contributed by atoms with Crippen molar-refractivity contribution in [3.8, 4) is 0 Å². The quantitative estimate of drug-likeness (QED) is 0.759. The Labute approximate surface area is 124 Å². The third kappa shape index (κ3) is 6.20. The normalized spacial score (nSPS) is 12.8. The van der Waals surface area contributed by atoms with Crippen LogP contribution in [0.25, 0.3) is 0 Å². The molecule has 0 fully saturated rings. The van der Waals surface area contributed by atoms with Crippen LogP contribution in [-0.4, -0.2) is 23.2 Å². The lowest BCUT2D eigenvalue weighted by Gasteiger charge is -2.10. The summed E-state index contributed by atoms with van der Waals surface area (Å²) in [6.45, 7) is 4.18. The Hall–Kier alpha value is -1.50. The second kappa shape index (κ2) is 7.49. The molecule has 1 aromatic carbocycles. The summed E-state index contributed by atoms with van der Waals surface area (Å²) in [6.07, 6.45) is 0.870. The number of alkyl halides is 3. The van der Waals surface area contributed by atoms with Crippen LogP contribution in [0, 0.1) is 5.92 Å². The van der Waals surface area contributed by atoms with Crippen LogP contribution >= 0.6 is 11.8 Å². The zero-order valence-electron chi connectivity index (χ0n) is 11.6. The number of esters is 1. The molecule has 21 heavy (non-hydrogen) atoms. The average molecular weight is 320 g/mol. The minimum atomic E-state index is -4.62.